The second-order valence-corrected chi connectivity index (χ2v) is 4.62. The number of nitrogens with two attached hydrogens (primary N) is 1. The van der Waals surface area contributed by atoms with Crippen LogP contribution in [0.3, 0.4) is 0 Å². The molecule has 1 amide bonds. The molecule has 0 fully saturated rings. The molecule has 24 heavy (non-hydrogen) atoms. The summed E-state index contributed by atoms with van der Waals surface area (Å²) in [6.45, 7) is 1.62. The van der Waals surface area contributed by atoms with Crippen molar-refractivity contribution in [3.05, 3.63) is 29.5 Å². The second-order valence-electron chi connectivity index (χ2n) is 4.62. The fraction of sp³-hybridized carbons (Fsp3) is 0.357. The van der Waals surface area contributed by atoms with Crippen LogP contribution in [0, 0.1) is 0 Å². The van der Waals surface area contributed by atoms with Crippen LogP contribution in [0.25, 0.3) is 0 Å². The molecule has 0 aliphatic carbocycles. The van der Waals surface area contributed by atoms with Crippen molar-refractivity contribution in [1.29, 1.82) is 0 Å². The number of ether oxygens (including phenoxy) is 2. The molecule has 10 heteroatoms. The van der Waals surface area contributed by atoms with E-state index in [1.807, 2.05) is 18.2 Å². The standard InChI is InChI=1S/C14H19N5O4.ClH/c1-21-10-4-3-9(7-11(10)22-2)8-16-5-6-17-14(20)12-13(15)19-23-18-12;/h3-4,7,16H,5-6,8H2,1-2H3,(H2,15,19)(H,17,20);1H/p-1. The molecular weight excluding hydrogens is 338 g/mol. The number of carbonyl (C=O) groups excluding carboxylic acids is 1. The Hall–Kier alpha value is -2.52. The summed E-state index contributed by atoms with van der Waals surface area (Å²) in [5.41, 5.74) is 6.46. The van der Waals surface area contributed by atoms with E-state index >= 15 is 0 Å². The first-order chi connectivity index (χ1) is 11.2. The van der Waals surface area contributed by atoms with E-state index in [9.17, 15) is 4.79 Å². The summed E-state index contributed by atoms with van der Waals surface area (Å²) in [6, 6.07) is 5.68. The zero-order valence-corrected chi connectivity index (χ0v) is 14.1. The van der Waals surface area contributed by atoms with Gasteiger partial charge in [-0.2, -0.15) is 0 Å². The lowest BCUT2D eigenvalue weighted by molar-refractivity contribution is -0.0000142. The van der Waals surface area contributed by atoms with Crippen LogP contribution >= 0.6 is 0 Å². The summed E-state index contributed by atoms with van der Waals surface area (Å²) < 4.78 is 14.8. The molecule has 132 valence electrons. The maximum Gasteiger partial charge on any atom is 0.277 e. The first-order valence-electron chi connectivity index (χ1n) is 6.93. The molecule has 0 bridgehead atoms. The number of aromatic nitrogens is 2. The molecule has 1 aromatic heterocycles. The molecule has 2 aromatic rings. The van der Waals surface area contributed by atoms with Gasteiger partial charge in [0.25, 0.3) is 5.91 Å². The summed E-state index contributed by atoms with van der Waals surface area (Å²) in [7, 11) is 3.19. The number of nitrogens with zero attached hydrogens (tertiary/aromatic N) is 2. The lowest BCUT2D eigenvalue weighted by atomic mass is 10.2. The van der Waals surface area contributed by atoms with Crippen LogP contribution < -0.4 is 38.2 Å². The van der Waals surface area contributed by atoms with E-state index in [4.69, 9.17) is 15.2 Å². The predicted molar refractivity (Wildman–Crippen MR) is 82.3 cm³/mol. The zero-order valence-electron chi connectivity index (χ0n) is 13.3. The molecular formula is C14H19ClN5O4-. The molecule has 0 aliphatic heterocycles. The highest BCUT2D eigenvalue weighted by Crippen LogP contribution is 2.27. The third kappa shape index (κ3) is 5.00. The van der Waals surface area contributed by atoms with Gasteiger partial charge in [0, 0.05) is 19.6 Å². The Morgan fingerprint density at radius 2 is 1.96 bits per heavy atom. The van der Waals surface area contributed by atoms with Gasteiger partial charge in [-0.15, -0.1) is 0 Å². The van der Waals surface area contributed by atoms with E-state index in [1.165, 1.54) is 0 Å². The molecule has 9 nitrogen and oxygen atoms in total. The number of methoxy groups -OCH3 is 2. The fourth-order valence-corrected chi connectivity index (χ4v) is 1.92. The van der Waals surface area contributed by atoms with Crippen molar-refractivity contribution in [3.63, 3.8) is 0 Å². The summed E-state index contributed by atoms with van der Waals surface area (Å²) in [6.07, 6.45) is 0. The fourth-order valence-electron chi connectivity index (χ4n) is 1.92. The minimum atomic E-state index is -0.420. The van der Waals surface area contributed by atoms with Gasteiger partial charge in [-0.1, -0.05) is 6.07 Å². The van der Waals surface area contributed by atoms with Crippen molar-refractivity contribution in [2.75, 3.05) is 33.0 Å². The van der Waals surface area contributed by atoms with Crippen molar-refractivity contribution in [2.45, 2.75) is 6.54 Å². The monoisotopic (exact) mass is 356 g/mol. The number of hydrogen-bond acceptors (Lipinski definition) is 8. The molecule has 0 aliphatic rings. The summed E-state index contributed by atoms with van der Waals surface area (Å²) in [5, 5.41) is 12.6. The molecule has 2 rings (SSSR count). The van der Waals surface area contributed by atoms with Gasteiger partial charge >= 0.3 is 0 Å². The SMILES string of the molecule is COc1ccc(CNCCNC(=O)c2nonc2N)cc1OC.[Cl-]. The smallest absolute Gasteiger partial charge is 0.277 e. The molecule has 4 N–H and O–H groups in total. The number of halogens is 1. The minimum Gasteiger partial charge on any atom is -1.00 e. The number of nitrogens with one attached hydrogen (secondary N) is 2. The van der Waals surface area contributed by atoms with Gasteiger partial charge < -0.3 is 38.2 Å². The van der Waals surface area contributed by atoms with Crippen LogP contribution in [-0.2, 0) is 6.54 Å². The van der Waals surface area contributed by atoms with Gasteiger partial charge in [0.2, 0.25) is 11.5 Å². The zero-order chi connectivity index (χ0) is 16.7. The predicted octanol–water partition coefficient (Wildman–Crippen LogP) is -2.81. The number of hydrogen-bond donors (Lipinski definition) is 3. The number of rotatable bonds is 8. The van der Waals surface area contributed by atoms with Crippen molar-refractivity contribution in [2.24, 2.45) is 0 Å². The van der Waals surface area contributed by atoms with Gasteiger partial charge in [-0.25, -0.2) is 4.63 Å². The molecule has 1 heterocycles. The lowest BCUT2D eigenvalue weighted by Gasteiger charge is -2.10. The van der Waals surface area contributed by atoms with Crippen molar-refractivity contribution in [1.82, 2.24) is 20.9 Å². The number of carbonyl (C=O) groups is 1. The lowest BCUT2D eigenvalue weighted by Crippen LogP contribution is -3.00. The van der Waals surface area contributed by atoms with Crippen LogP contribution in [0.1, 0.15) is 16.1 Å². The molecule has 0 radical (unpaired) electrons. The van der Waals surface area contributed by atoms with E-state index in [0.717, 1.165) is 5.56 Å². The van der Waals surface area contributed by atoms with Crippen molar-refractivity contribution in [3.8, 4) is 11.5 Å². The topological polar surface area (TPSA) is 125 Å². The molecule has 1 aromatic carbocycles. The van der Waals surface area contributed by atoms with E-state index in [1.54, 1.807) is 14.2 Å². The number of amides is 1. The third-order valence-corrected chi connectivity index (χ3v) is 3.09. The summed E-state index contributed by atoms with van der Waals surface area (Å²) >= 11 is 0. The molecule has 0 atom stereocenters. The van der Waals surface area contributed by atoms with E-state index in [0.29, 0.717) is 31.1 Å². The highest BCUT2D eigenvalue weighted by Gasteiger charge is 2.14. The summed E-state index contributed by atoms with van der Waals surface area (Å²) in [5.74, 6) is 0.911. The largest absolute Gasteiger partial charge is 1.00 e. The highest BCUT2D eigenvalue weighted by molar-refractivity contribution is 5.95. The van der Waals surface area contributed by atoms with Crippen LogP contribution in [0.15, 0.2) is 22.8 Å². The Morgan fingerprint density at radius 3 is 2.58 bits per heavy atom. The van der Waals surface area contributed by atoms with Gasteiger partial charge in [0.1, 0.15) is 0 Å². The number of nitrogen functional groups attached to an aromatic ring is 1. The van der Waals surface area contributed by atoms with Gasteiger partial charge in [-0.05, 0) is 28.0 Å². The number of benzene rings is 1. The third-order valence-electron chi connectivity index (χ3n) is 3.09. The Morgan fingerprint density at radius 1 is 1.21 bits per heavy atom. The normalized spacial score (nSPS) is 9.92. The van der Waals surface area contributed by atoms with Crippen LogP contribution in [0.2, 0.25) is 0 Å². The van der Waals surface area contributed by atoms with E-state index in [-0.39, 0.29) is 23.9 Å². The maximum absolute atomic E-state index is 11.7. The van der Waals surface area contributed by atoms with Crippen LogP contribution in [0.4, 0.5) is 5.82 Å². The van der Waals surface area contributed by atoms with Crippen LogP contribution in [0.5, 0.6) is 11.5 Å². The molecule has 0 spiro atoms. The first kappa shape index (κ1) is 19.5. The average Bonchev–Trinajstić information content (AvgIpc) is 3.00. The highest BCUT2D eigenvalue weighted by atomic mass is 35.5. The maximum atomic E-state index is 11.7. The molecule has 0 unspecified atom stereocenters. The van der Waals surface area contributed by atoms with Gasteiger partial charge in [0.15, 0.2) is 11.5 Å². The minimum absolute atomic E-state index is 0. The van der Waals surface area contributed by atoms with Gasteiger partial charge in [-0.3, -0.25) is 4.79 Å². The summed E-state index contributed by atoms with van der Waals surface area (Å²) in [4.78, 5) is 11.7. The Labute approximate surface area is 145 Å². The quantitative estimate of drug-likeness (QED) is 0.433. The average molecular weight is 357 g/mol. The van der Waals surface area contributed by atoms with Gasteiger partial charge in [0.05, 0.1) is 14.2 Å². The Kier molecular flexibility index (Phi) is 7.80. The second kappa shape index (κ2) is 9.58. The van der Waals surface area contributed by atoms with Crippen molar-refractivity contribution < 1.29 is 31.3 Å². The van der Waals surface area contributed by atoms with E-state index < -0.39 is 5.91 Å². The van der Waals surface area contributed by atoms with Crippen molar-refractivity contribution >= 4 is 11.7 Å². The number of anilines is 1. The van der Waals surface area contributed by atoms with E-state index in [2.05, 4.69) is 25.6 Å². The Balaban J connectivity index is 0.00000288. The van der Waals surface area contributed by atoms with Crippen LogP contribution in [-0.4, -0.2) is 43.5 Å². The first-order valence-corrected chi connectivity index (χ1v) is 6.93. The molecule has 0 saturated heterocycles. The molecule has 0 saturated carbocycles. The Bertz CT molecular complexity index is 664.